The van der Waals surface area contributed by atoms with Gasteiger partial charge in [0.05, 0.1) is 0 Å². The van der Waals surface area contributed by atoms with Crippen LogP contribution in [0.3, 0.4) is 0 Å². The van der Waals surface area contributed by atoms with Gasteiger partial charge in [0.25, 0.3) is 0 Å². The lowest BCUT2D eigenvalue weighted by Crippen LogP contribution is -2.27. The molecule has 0 spiro atoms. The molecule has 2 nitrogen and oxygen atoms in total. The maximum atomic E-state index is 7.03. The Balaban J connectivity index is 0.893. The van der Waals surface area contributed by atoms with Gasteiger partial charge in [-0.1, -0.05) is 374 Å². The molecular weight excluding hydrogens is 1280 g/mol. The molecule has 0 saturated heterocycles. The molecule has 0 fully saturated rings. The average Bonchev–Trinajstić information content (AvgIpc) is 1.52. The van der Waals surface area contributed by atoms with Crippen molar-refractivity contribution < 1.29 is 8.83 Å². The van der Waals surface area contributed by atoms with E-state index >= 15 is 0 Å². The first-order valence-corrected chi connectivity index (χ1v) is 42.4. The first-order valence-electron chi connectivity index (χ1n) is 42.4. The van der Waals surface area contributed by atoms with Gasteiger partial charge in [-0.25, -0.2) is 0 Å². The lowest BCUT2D eigenvalue weighted by atomic mass is 9.68. The fourth-order valence-corrected chi connectivity index (χ4v) is 20.2. The Hall–Kier alpha value is -8.20. The van der Waals surface area contributed by atoms with Crippen LogP contribution in [-0.4, -0.2) is 0 Å². The molecule has 0 amide bonds. The molecule has 0 N–H and O–H groups in total. The number of fused-ring (bicyclic) bond motifs is 17. The van der Waals surface area contributed by atoms with Crippen LogP contribution in [0.15, 0.2) is 203 Å². The number of hydrogen-bond donors (Lipinski definition) is 0. The maximum absolute atomic E-state index is 7.03. The van der Waals surface area contributed by atoms with Crippen molar-refractivity contribution in [1.82, 2.24) is 0 Å². The van der Waals surface area contributed by atoms with E-state index in [4.69, 9.17) is 8.83 Å². The third-order valence-corrected chi connectivity index (χ3v) is 26.1. The summed E-state index contributed by atoms with van der Waals surface area (Å²) in [4.78, 5) is 0. The van der Waals surface area contributed by atoms with Crippen molar-refractivity contribution in [2.75, 3.05) is 0 Å². The van der Waals surface area contributed by atoms with Crippen LogP contribution in [-0.2, 0) is 34.5 Å². The van der Waals surface area contributed by atoms with Gasteiger partial charge in [0, 0.05) is 43.4 Å². The average molecular weight is 1400 g/mol. The molecule has 3 aliphatic rings. The third kappa shape index (κ3) is 14.1. The van der Waals surface area contributed by atoms with Crippen LogP contribution in [0.25, 0.3) is 99.5 Å². The second-order valence-electron chi connectivity index (χ2n) is 34.6. The summed E-state index contributed by atoms with van der Waals surface area (Å²) in [6.45, 7) is 21.3. The van der Waals surface area contributed by atoms with Crippen LogP contribution in [0, 0.1) is 0 Å². The van der Waals surface area contributed by atoms with Gasteiger partial charge in [0.2, 0.25) is 0 Å². The first kappa shape index (κ1) is 73.3. The summed E-state index contributed by atoms with van der Waals surface area (Å²) in [5, 5.41) is 5.03. The van der Waals surface area contributed by atoms with Gasteiger partial charge >= 0.3 is 0 Å². The van der Waals surface area contributed by atoms with Gasteiger partial charge in [0.1, 0.15) is 22.3 Å². The third-order valence-electron chi connectivity index (χ3n) is 26.1. The monoisotopic (exact) mass is 1400 g/mol. The number of benzene rings is 10. The summed E-state index contributed by atoms with van der Waals surface area (Å²) in [5.74, 6) is 0.219. The largest absolute Gasteiger partial charge is 0.456 e. The zero-order valence-corrected chi connectivity index (χ0v) is 66.1. The Morgan fingerprint density at radius 3 is 1.39 bits per heavy atom. The lowest BCUT2D eigenvalue weighted by molar-refractivity contribution is 0.394. The minimum absolute atomic E-state index is 0.0588. The molecule has 548 valence electrons. The minimum atomic E-state index is -0.264. The summed E-state index contributed by atoms with van der Waals surface area (Å²) in [7, 11) is 0. The van der Waals surface area contributed by atoms with E-state index in [0.717, 1.165) is 35.2 Å². The van der Waals surface area contributed by atoms with Crippen LogP contribution in [0.1, 0.15) is 304 Å². The topological polar surface area (TPSA) is 26.3 Å². The highest BCUT2D eigenvalue weighted by atomic mass is 16.3. The highest BCUT2D eigenvalue weighted by Gasteiger charge is 2.49. The fraction of sp³-hybridized carbons (Fsp3) is 0.423. The van der Waals surface area contributed by atoms with E-state index in [9.17, 15) is 0 Å². The Morgan fingerprint density at radius 2 is 0.783 bits per heavy atom. The molecule has 10 aromatic carbocycles. The van der Waals surface area contributed by atoms with Gasteiger partial charge in [-0.05, 0) is 192 Å². The van der Waals surface area contributed by atoms with Crippen molar-refractivity contribution in [2.45, 2.75) is 283 Å². The summed E-state index contributed by atoms with van der Waals surface area (Å²) < 4.78 is 14.0. The predicted molar refractivity (Wildman–Crippen MR) is 456 cm³/mol. The molecule has 1 atom stereocenters. The van der Waals surface area contributed by atoms with Gasteiger partial charge in [-0.2, -0.15) is 0 Å². The summed E-state index contributed by atoms with van der Waals surface area (Å²) >= 11 is 0. The van der Waals surface area contributed by atoms with E-state index in [2.05, 4.69) is 256 Å². The molecule has 15 rings (SSSR count). The molecule has 0 bridgehead atoms. The quantitative estimate of drug-likeness (QED) is 0.0370. The van der Waals surface area contributed by atoms with Gasteiger partial charge in [-0.15, -0.1) is 0 Å². The van der Waals surface area contributed by atoms with Gasteiger partial charge in [0.15, 0.2) is 0 Å². The molecule has 0 saturated carbocycles. The molecule has 2 heteroatoms. The van der Waals surface area contributed by atoms with E-state index in [0.29, 0.717) is 0 Å². The van der Waals surface area contributed by atoms with Crippen molar-refractivity contribution in [3.05, 3.63) is 250 Å². The summed E-state index contributed by atoms with van der Waals surface area (Å²) in [6.07, 6.45) is 37.8. The zero-order valence-electron chi connectivity index (χ0n) is 66.1. The molecule has 12 aromatic rings. The van der Waals surface area contributed by atoms with Crippen LogP contribution < -0.4 is 0 Å². The van der Waals surface area contributed by atoms with E-state index in [1.165, 1.54) is 290 Å². The van der Waals surface area contributed by atoms with E-state index in [1.54, 1.807) is 22.3 Å². The Kier molecular flexibility index (Phi) is 22.1. The second kappa shape index (κ2) is 31.9. The Bertz CT molecular complexity index is 4980. The molecule has 2 heterocycles. The number of para-hydroxylation sites is 2. The highest BCUT2D eigenvalue weighted by molar-refractivity contribution is 6.19. The molecule has 3 aliphatic carbocycles. The summed E-state index contributed by atoms with van der Waals surface area (Å²) in [5.41, 5.74) is 32.0. The maximum Gasteiger partial charge on any atom is 0.143 e. The van der Waals surface area contributed by atoms with Crippen LogP contribution in [0.5, 0.6) is 0 Å². The van der Waals surface area contributed by atoms with Gasteiger partial charge < -0.3 is 8.83 Å². The Labute approximate surface area is 636 Å². The van der Waals surface area contributed by atoms with E-state index in [1.807, 2.05) is 0 Å². The number of hydrogen-bond acceptors (Lipinski definition) is 2. The second-order valence-corrected chi connectivity index (χ2v) is 34.6. The van der Waals surface area contributed by atoms with Crippen LogP contribution in [0.4, 0.5) is 0 Å². The van der Waals surface area contributed by atoms with Crippen LogP contribution in [0.2, 0.25) is 0 Å². The number of unbranched alkanes of at least 4 members (excludes halogenated alkanes) is 20. The predicted octanol–water partition coefficient (Wildman–Crippen LogP) is 31.5. The molecule has 0 aliphatic heterocycles. The molecule has 0 radical (unpaired) electrons. The fourth-order valence-electron chi connectivity index (χ4n) is 20.2. The van der Waals surface area contributed by atoms with Crippen molar-refractivity contribution >= 4 is 43.9 Å². The number of furan rings is 2. The van der Waals surface area contributed by atoms with E-state index in [-0.39, 0.29) is 27.6 Å². The number of rotatable bonds is 35. The van der Waals surface area contributed by atoms with Crippen molar-refractivity contribution in [2.24, 2.45) is 0 Å². The SMILES string of the molecule is CCCCCCCCC1(CCCCCCCC)c2cc(C(Cc3ccc(-c4ccccc4)cc3)Cc3ccc4c(c3)C(C)(C)c3cc(-c5ccc(C(C)(C)C)cc5)c5oc6ccccc6c5c3-4)ccc2-c2cc3c(cc21)-c1c(ccc2oc4ccccc4c12)C3(CCCCCCCC)CCCCCCCC. The smallest absolute Gasteiger partial charge is 0.143 e. The van der Waals surface area contributed by atoms with Gasteiger partial charge in [-0.3, -0.25) is 0 Å². The molecule has 106 heavy (non-hydrogen) atoms. The van der Waals surface area contributed by atoms with E-state index < -0.39 is 0 Å². The van der Waals surface area contributed by atoms with Crippen LogP contribution >= 0.6 is 0 Å². The highest BCUT2D eigenvalue weighted by Crippen LogP contribution is 2.64. The molecule has 2 aromatic heterocycles. The van der Waals surface area contributed by atoms with Crippen molar-refractivity contribution in [1.29, 1.82) is 0 Å². The normalized spacial score (nSPS) is 14.7. The standard InChI is InChI=1S/C104H120O2/c1-10-14-18-22-26-37-61-103(62-38-27-23-19-15-11-2)87-59-60-95-98(82-43-33-35-45-93(82)105-95)97(87)86-71-90-85(70-91(86)103)80-58-54-77(68-89(80)104(90,63-39-28-24-20-16-12-3)64-40-29-25-21-17-13-4)78(65-72-47-50-75(51-48-72)74-41-31-30-32-42-74)66-73-49-57-81-88(67-73)102(8,9)92-69-84(76-52-55-79(56-53-76)101(5,6)7)100-99(96(81)92)83-44-34-36-46-94(83)106-100/h30-36,41-60,67-71,78H,10-29,37-40,61-66H2,1-9H3. The lowest BCUT2D eigenvalue weighted by Gasteiger charge is -2.35. The molecular formula is C104H120O2. The van der Waals surface area contributed by atoms with Crippen molar-refractivity contribution in [3.63, 3.8) is 0 Å². The summed E-state index contributed by atoms with van der Waals surface area (Å²) in [6, 6.07) is 76.6. The van der Waals surface area contributed by atoms with Crippen molar-refractivity contribution in [3.8, 4) is 55.6 Å². The zero-order chi connectivity index (χ0) is 73.0. The first-order chi connectivity index (χ1) is 51.8. The Morgan fingerprint density at radius 1 is 0.321 bits per heavy atom. The minimum Gasteiger partial charge on any atom is -0.456 e. The molecule has 1 unspecified atom stereocenters.